The fraction of sp³-hybridized carbons (Fsp3) is 0.360. The Morgan fingerprint density at radius 3 is 2.91 bits per heavy atom. The van der Waals surface area contributed by atoms with Crippen LogP contribution in [-0.2, 0) is 24.1 Å². The number of carbonyl (C=O) groups is 1. The Hall–Kier alpha value is -2.93. The Kier molecular flexibility index (Phi) is 6.34. The minimum absolute atomic E-state index is 0.142. The van der Waals surface area contributed by atoms with E-state index in [1.54, 1.807) is 0 Å². The molecule has 0 saturated heterocycles. The lowest BCUT2D eigenvalue weighted by atomic mass is 9.94. The number of amides is 1. The number of hydrogen-bond donors (Lipinski definition) is 3. The first-order valence-electron chi connectivity index (χ1n) is 11.5. The lowest BCUT2D eigenvalue weighted by molar-refractivity contribution is -0.121. The normalized spacial score (nSPS) is 20.3. The van der Waals surface area contributed by atoms with Crippen LogP contribution in [0.5, 0.6) is 0 Å². The number of benzene rings is 1. The van der Waals surface area contributed by atoms with E-state index >= 15 is 0 Å². The lowest BCUT2D eigenvalue weighted by Gasteiger charge is -2.14. The summed E-state index contributed by atoms with van der Waals surface area (Å²) in [4.78, 5) is 20.6. The molecule has 2 aliphatic heterocycles. The van der Waals surface area contributed by atoms with Crippen molar-refractivity contribution in [3.63, 3.8) is 0 Å². The number of nitrogens with one attached hydrogen (secondary N) is 3. The van der Waals surface area contributed by atoms with Crippen molar-refractivity contribution in [3.05, 3.63) is 64.5 Å². The number of fused-ring (bicyclic) bond motifs is 7. The topological polar surface area (TPSA) is 86.5 Å². The average molecular weight is 448 g/mol. The molecule has 0 spiro atoms. The standard InChI is InChI=1S/C25H29N5OS/c31-24-11-9-20-19(8-10-22-21(20)12-14-26-22)16-18-6-5-15-32(17-18)25-28-23(29-30-25)7-3-1-2-4-13-27-24/h5-6,8,10,12,14-15,17,26H,1-4,7,9,11,13,16H2,(H,27,31)(H,28,29,30). The number of aryl methyl sites for hydroxylation is 2. The summed E-state index contributed by atoms with van der Waals surface area (Å²) >= 11 is 0. The third-order valence-corrected chi connectivity index (χ3v) is 7.75. The van der Waals surface area contributed by atoms with Crippen molar-refractivity contribution >= 4 is 32.7 Å². The van der Waals surface area contributed by atoms with E-state index in [0.29, 0.717) is 6.42 Å². The van der Waals surface area contributed by atoms with Crippen LogP contribution in [0.4, 0.5) is 0 Å². The second-order valence-corrected chi connectivity index (χ2v) is 10.1. The van der Waals surface area contributed by atoms with Gasteiger partial charge in [-0.2, -0.15) is 0 Å². The van der Waals surface area contributed by atoms with E-state index in [9.17, 15) is 4.79 Å². The quantitative estimate of drug-likeness (QED) is 0.441. The van der Waals surface area contributed by atoms with Gasteiger partial charge in [0.1, 0.15) is 5.82 Å². The second kappa shape index (κ2) is 9.69. The summed E-state index contributed by atoms with van der Waals surface area (Å²) in [6.45, 7) is 0.753. The van der Waals surface area contributed by atoms with E-state index in [-0.39, 0.29) is 16.4 Å². The number of allylic oxidation sites excluding steroid dienone is 3. The first kappa shape index (κ1) is 20.9. The summed E-state index contributed by atoms with van der Waals surface area (Å²) in [7, 11) is -0.224. The van der Waals surface area contributed by atoms with Crippen molar-refractivity contribution in [2.75, 3.05) is 6.54 Å². The molecule has 1 amide bonds. The fourth-order valence-electron chi connectivity index (χ4n) is 4.45. The SMILES string of the molecule is O=C1CCc2c(ccc3[nH]ccc23)CC2=CC=CS(=C2)c2n[nH]c(n2)CCCCCCN1. The molecule has 0 radical (unpaired) electrons. The molecule has 4 bridgehead atoms. The van der Waals surface area contributed by atoms with Crippen LogP contribution in [0.15, 0.2) is 52.7 Å². The lowest BCUT2D eigenvalue weighted by Crippen LogP contribution is -2.24. The van der Waals surface area contributed by atoms with Crippen LogP contribution < -0.4 is 5.32 Å². The van der Waals surface area contributed by atoms with Gasteiger partial charge in [-0.3, -0.25) is 9.89 Å². The molecule has 3 aromatic rings. The number of aromatic nitrogens is 4. The molecule has 0 fully saturated rings. The highest BCUT2D eigenvalue weighted by molar-refractivity contribution is 8.17. The first-order chi connectivity index (χ1) is 15.8. The van der Waals surface area contributed by atoms with Gasteiger partial charge in [-0.1, -0.05) is 41.5 Å². The van der Waals surface area contributed by atoms with Gasteiger partial charge in [0.2, 0.25) is 11.1 Å². The third-order valence-electron chi connectivity index (χ3n) is 6.14. The van der Waals surface area contributed by atoms with E-state index in [0.717, 1.165) is 68.0 Å². The molecule has 5 rings (SSSR count). The summed E-state index contributed by atoms with van der Waals surface area (Å²) in [5.74, 6) is 1.11. The van der Waals surface area contributed by atoms with Crippen LogP contribution in [0.1, 0.15) is 49.1 Å². The molecule has 1 atom stereocenters. The Bertz CT molecular complexity index is 1220. The molecule has 6 nitrogen and oxygen atoms in total. The Labute approximate surface area is 190 Å². The highest BCUT2D eigenvalue weighted by Gasteiger charge is 2.14. The van der Waals surface area contributed by atoms with Crippen molar-refractivity contribution in [2.45, 2.75) is 56.5 Å². The monoisotopic (exact) mass is 447 g/mol. The minimum Gasteiger partial charge on any atom is -0.361 e. The van der Waals surface area contributed by atoms with E-state index in [1.165, 1.54) is 22.1 Å². The predicted octanol–water partition coefficient (Wildman–Crippen LogP) is 4.58. The molecule has 3 N–H and O–H groups in total. The van der Waals surface area contributed by atoms with Gasteiger partial charge in [0.05, 0.1) is 0 Å². The maximum Gasteiger partial charge on any atom is 0.220 e. The zero-order chi connectivity index (χ0) is 21.8. The van der Waals surface area contributed by atoms with Gasteiger partial charge in [-0.05, 0) is 65.3 Å². The van der Waals surface area contributed by atoms with Crippen LogP contribution in [0.2, 0.25) is 0 Å². The third kappa shape index (κ3) is 4.78. The number of hydrogen-bond acceptors (Lipinski definition) is 3. The summed E-state index contributed by atoms with van der Waals surface area (Å²) < 4.78 is 0. The van der Waals surface area contributed by atoms with Crippen molar-refractivity contribution in [1.82, 2.24) is 25.5 Å². The molecule has 2 aromatic heterocycles. The summed E-state index contributed by atoms with van der Waals surface area (Å²) in [5.41, 5.74) is 4.93. The van der Waals surface area contributed by atoms with Gasteiger partial charge in [-0.15, -0.1) is 5.10 Å². The highest BCUT2D eigenvalue weighted by Crippen LogP contribution is 2.30. The van der Waals surface area contributed by atoms with Crippen LogP contribution in [0.25, 0.3) is 10.9 Å². The molecule has 2 aliphatic rings. The van der Waals surface area contributed by atoms with Crippen molar-refractivity contribution in [2.24, 2.45) is 0 Å². The van der Waals surface area contributed by atoms with Gasteiger partial charge in [0.15, 0.2) is 0 Å². The van der Waals surface area contributed by atoms with Crippen LogP contribution >= 0.6 is 10.5 Å². The van der Waals surface area contributed by atoms with Crippen LogP contribution in [0, 0.1) is 0 Å². The molecule has 1 aromatic carbocycles. The Balaban J connectivity index is 1.47. The van der Waals surface area contributed by atoms with Gasteiger partial charge in [0.25, 0.3) is 0 Å². The maximum atomic E-state index is 12.5. The molecule has 166 valence electrons. The molecule has 1 unspecified atom stereocenters. The van der Waals surface area contributed by atoms with E-state index in [2.05, 4.69) is 61.6 Å². The fourth-order valence-corrected chi connectivity index (χ4v) is 5.85. The zero-order valence-electron chi connectivity index (χ0n) is 18.2. The number of H-pyrrole nitrogens is 2. The molecular weight excluding hydrogens is 418 g/mol. The largest absolute Gasteiger partial charge is 0.361 e. The zero-order valence-corrected chi connectivity index (χ0v) is 19.0. The minimum atomic E-state index is -0.224. The molecule has 4 heterocycles. The predicted molar refractivity (Wildman–Crippen MR) is 131 cm³/mol. The summed E-state index contributed by atoms with van der Waals surface area (Å²) in [6, 6.07) is 6.47. The van der Waals surface area contributed by atoms with Gasteiger partial charge in [0, 0.05) is 36.5 Å². The highest BCUT2D eigenvalue weighted by atomic mass is 32.2. The molecule has 7 heteroatoms. The summed E-state index contributed by atoms with van der Waals surface area (Å²) in [5, 5.41) is 17.3. The number of carbonyl (C=O) groups excluding carboxylic acids is 1. The number of aromatic amines is 2. The van der Waals surface area contributed by atoms with E-state index < -0.39 is 0 Å². The van der Waals surface area contributed by atoms with Crippen molar-refractivity contribution in [1.29, 1.82) is 0 Å². The van der Waals surface area contributed by atoms with E-state index in [4.69, 9.17) is 4.98 Å². The van der Waals surface area contributed by atoms with Gasteiger partial charge < -0.3 is 10.3 Å². The Morgan fingerprint density at radius 2 is 1.94 bits per heavy atom. The van der Waals surface area contributed by atoms with Crippen molar-refractivity contribution in [3.8, 4) is 0 Å². The van der Waals surface area contributed by atoms with Crippen LogP contribution in [0.3, 0.4) is 0 Å². The maximum absolute atomic E-state index is 12.5. The molecular formula is C25H29N5OS. The molecule has 0 saturated carbocycles. The number of nitrogens with zero attached hydrogens (tertiary/aromatic N) is 2. The smallest absolute Gasteiger partial charge is 0.220 e. The van der Waals surface area contributed by atoms with Crippen LogP contribution in [-0.4, -0.2) is 38.0 Å². The summed E-state index contributed by atoms with van der Waals surface area (Å²) in [6.07, 6.45) is 13.7. The van der Waals surface area contributed by atoms with Crippen molar-refractivity contribution < 1.29 is 4.79 Å². The Morgan fingerprint density at radius 1 is 1.00 bits per heavy atom. The van der Waals surface area contributed by atoms with Gasteiger partial charge in [-0.25, -0.2) is 4.98 Å². The van der Waals surface area contributed by atoms with E-state index in [1.807, 2.05) is 6.20 Å². The second-order valence-electron chi connectivity index (χ2n) is 8.46. The molecule has 0 aliphatic carbocycles. The average Bonchev–Trinajstić information content (AvgIpc) is 3.47. The first-order valence-corrected chi connectivity index (χ1v) is 12.8. The molecule has 32 heavy (non-hydrogen) atoms. The van der Waals surface area contributed by atoms with Gasteiger partial charge >= 0.3 is 0 Å². The number of rotatable bonds is 0.